The highest BCUT2D eigenvalue weighted by Crippen LogP contribution is 2.33. The molecule has 1 aliphatic heterocycles. The standard InChI is InChI=1S/C24H15ClN4OS/c25-18-8-7-17(19-5-1-2-10-26-19)14-21(18)28-24-29-23(30)22(31-24)13-15-6-9-20-16(12-15)4-3-11-27-20/h1-14H,(H,28,29,30). The average Bonchev–Trinajstić information content (AvgIpc) is 3.14. The quantitative estimate of drug-likeness (QED) is 0.392. The molecule has 0 saturated carbocycles. The summed E-state index contributed by atoms with van der Waals surface area (Å²) in [6.07, 6.45) is 5.34. The molecule has 7 heteroatoms. The van der Waals surface area contributed by atoms with Gasteiger partial charge in [-0.3, -0.25) is 14.8 Å². The molecule has 3 heterocycles. The van der Waals surface area contributed by atoms with Crippen LogP contribution in [0.25, 0.3) is 28.2 Å². The monoisotopic (exact) mass is 442 g/mol. The molecule has 1 aliphatic rings. The summed E-state index contributed by atoms with van der Waals surface area (Å²) in [6, 6.07) is 21.1. The molecule has 2 aromatic heterocycles. The van der Waals surface area contributed by atoms with Crippen LogP contribution in [-0.4, -0.2) is 21.0 Å². The summed E-state index contributed by atoms with van der Waals surface area (Å²) >= 11 is 7.65. The number of fused-ring (bicyclic) bond motifs is 1. The van der Waals surface area contributed by atoms with E-state index in [0.717, 1.165) is 27.7 Å². The number of carbonyl (C=O) groups excluding carboxylic acids is 1. The van der Waals surface area contributed by atoms with Gasteiger partial charge in [-0.05, 0) is 65.9 Å². The first-order valence-electron chi connectivity index (χ1n) is 9.51. The van der Waals surface area contributed by atoms with Crippen LogP contribution in [0.2, 0.25) is 5.02 Å². The van der Waals surface area contributed by atoms with Crippen LogP contribution >= 0.6 is 23.4 Å². The zero-order valence-corrected chi connectivity index (χ0v) is 17.7. The molecule has 5 nitrogen and oxygen atoms in total. The molecule has 0 unspecified atom stereocenters. The van der Waals surface area contributed by atoms with E-state index in [1.54, 1.807) is 18.5 Å². The second kappa shape index (κ2) is 8.34. The number of rotatable bonds is 3. The van der Waals surface area contributed by atoms with Gasteiger partial charge in [0.05, 0.1) is 26.8 Å². The fraction of sp³-hybridized carbons (Fsp3) is 0. The molecule has 0 radical (unpaired) electrons. The van der Waals surface area contributed by atoms with Crippen molar-refractivity contribution in [1.82, 2.24) is 9.97 Å². The van der Waals surface area contributed by atoms with E-state index in [4.69, 9.17) is 11.6 Å². The van der Waals surface area contributed by atoms with Gasteiger partial charge in [0.25, 0.3) is 5.91 Å². The third kappa shape index (κ3) is 4.21. The number of benzene rings is 2. The van der Waals surface area contributed by atoms with Crippen LogP contribution in [0.5, 0.6) is 0 Å². The Morgan fingerprint density at radius 1 is 0.935 bits per heavy atom. The van der Waals surface area contributed by atoms with Crippen LogP contribution < -0.4 is 5.32 Å². The van der Waals surface area contributed by atoms with E-state index < -0.39 is 0 Å². The van der Waals surface area contributed by atoms with Crippen LogP contribution in [0.4, 0.5) is 5.69 Å². The van der Waals surface area contributed by atoms with Crippen LogP contribution in [0.15, 0.2) is 89.0 Å². The molecular formula is C24H15ClN4OS. The Labute approximate surface area is 187 Å². The Balaban J connectivity index is 1.37. The lowest BCUT2D eigenvalue weighted by Gasteiger charge is -2.09. The Bertz CT molecular complexity index is 1370. The summed E-state index contributed by atoms with van der Waals surface area (Å²) in [6.45, 7) is 0. The van der Waals surface area contributed by atoms with Crippen LogP contribution in [0, 0.1) is 0 Å². The van der Waals surface area contributed by atoms with E-state index in [1.807, 2.05) is 66.7 Å². The smallest absolute Gasteiger partial charge is 0.286 e. The molecule has 31 heavy (non-hydrogen) atoms. The number of hydrogen-bond donors (Lipinski definition) is 1. The fourth-order valence-electron chi connectivity index (χ4n) is 3.23. The number of nitrogens with one attached hydrogen (secondary N) is 1. The number of amidine groups is 1. The van der Waals surface area contributed by atoms with Crippen molar-refractivity contribution in [2.45, 2.75) is 0 Å². The molecule has 1 N–H and O–H groups in total. The number of carbonyl (C=O) groups is 1. The molecule has 2 aromatic carbocycles. The normalized spacial score (nSPS) is 14.8. The Morgan fingerprint density at radius 2 is 1.84 bits per heavy atom. The molecule has 0 atom stereocenters. The second-order valence-electron chi connectivity index (χ2n) is 6.82. The average molecular weight is 443 g/mol. The van der Waals surface area contributed by atoms with Crippen LogP contribution in [0.3, 0.4) is 0 Å². The number of aliphatic imine (C=N–C) groups is 1. The molecule has 0 fully saturated rings. The van der Waals surface area contributed by atoms with Gasteiger partial charge in [0.15, 0.2) is 5.17 Å². The van der Waals surface area contributed by atoms with E-state index in [1.165, 1.54) is 11.8 Å². The van der Waals surface area contributed by atoms with Gasteiger partial charge in [0.2, 0.25) is 0 Å². The number of nitrogens with zero attached hydrogens (tertiary/aromatic N) is 3. The molecule has 1 amide bonds. The van der Waals surface area contributed by atoms with E-state index in [2.05, 4.69) is 20.3 Å². The lowest BCUT2D eigenvalue weighted by molar-refractivity contribution is -0.113. The van der Waals surface area contributed by atoms with Gasteiger partial charge < -0.3 is 5.32 Å². The Morgan fingerprint density at radius 3 is 2.71 bits per heavy atom. The van der Waals surface area contributed by atoms with Gasteiger partial charge in [-0.1, -0.05) is 35.9 Å². The topological polar surface area (TPSA) is 67.2 Å². The maximum absolute atomic E-state index is 12.4. The zero-order valence-electron chi connectivity index (χ0n) is 16.1. The summed E-state index contributed by atoms with van der Waals surface area (Å²) in [4.78, 5) is 25.8. The van der Waals surface area contributed by atoms with Crippen LogP contribution in [-0.2, 0) is 4.79 Å². The zero-order chi connectivity index (χ0) is 21.2. The third-order valence-corrected chi connectivity index (χ3v) is 5.94. The first-order valence-corrected chi connectivity index (χ1v) is 10.7. The van der Waals surface area contributed by atoms with E-state index in [-0.39, 0.29) is 5.91 Å². The third-order valence-electron chi connectivity index (χ3n) is 4.71. The van der Waals surface area contributed by atoms with E-state index in [0.29, 0.717) is 20.8 Å². The lowest BCUT2D eigenvalue weighted by atomic mass is 10.1. The van der Waals surface area contributed by atoms with Crippen molar-refractivity contribution >= 4 is 57.1 Å². The van der Waals surface area contributed by atoms with Crippen molar-refractivity contribution in [2.24, 2.45) is 4.99 Å². The maximum atomic E-state index is 12.4. The largest absolute Gasteiger partial charge is 0.333 e. The van der Waals surface area contributed by atoms with Crippen molar-refractivity contribution in [2.75, 3.05) is 5.32 Å². The lowest BCUT2D eigenvalue weighted by Crippen LogP contribution is -2.05. The molecular weight excluding hydrogens is 428 g/mol. The van der Waals surface area contributed by atoms with Gasteiger partial charge in [-0.2, -0.15) is 4.99 Å². The van der Waals surface area contributed by atoms with Gasteiger partial charge in [0.1, 0.15) is 0 Å². The summed E-state index contributed by atoms with van der Waals surface area (Å²) in [5.74, 6) is -0.282. The minimum absolute atomic E-state index is 0.282. The summed E-state index contributed by atoms with van der Waals surface area (Å²) < 4.78 is 0. The second-order valence-corrected chi connectivity index (χ2v) is 8.26. The molecule has 0 spiro atoms. The molecule has 0 aliphatic carbocycles. The number of anilines is 1. The fourth-order valence-corrected chi connectivity index (χ4v) is 4.22. The number of halogens is 1. The minimum atomic E-state index is -0.282. The van der Waals surface area contributed by atoms with E-state index >= 15 is 0 Å². The van der Waals surface area contributed by atoms with Gasteiger partial charge in [-0.15, -0.1) is 0 Å². The summed E-state index contributed by atoms with van der Waals surface area (Å²) in [5, 5.41) is 5.22. The SMILES string of the molecule is O=C1N=C(Nc2cc(-c3ccccn3)ccc2Cl)SC1=Cc1ccc2ncccc2c1. The Kier molecular flexibility index (Phi) is 5.24. The molecule has 5 rings (SSSR count). The van der Waals surface area contributed by atoms with Gasteiger partial charge >= 0.3 is 0 Å². The van der Waals surface area contributed by atoms with Gasteiger partial charge in [0, 0.05) is 23.3 Å². The number of pyridine rings is 2. The Hall–Kier alpha value is -3.48. The number of amides is 1. The molecule has 150 valence electrons. The maximum Gasteiger partial charge on any atom is 0.286 e. The number of thioether (sulfide) groups is 1. The van der Waals surface area contributed by atoms with Crippen molar-refractivity contribution in [3.05, 3.63) is 94.6 Å². The molecule has 4 aromatic rings. The highest BCUT2D eigenvalue weighted by molar-refractivity contribution is 8.18. The van der Waals surface area contributed by atoms with Gasteiger partial charge in [-0.25, -0.2) is 0 Å². The van der Waals surface area contributed by atoms with Crippen molar-refractivity contribution < 1.29 is 4.79 Å². The van der Waals surface area contributed by atoms with Crippen molar-refractivity contribution in [1.29, 1.82) is 0 Å². The summed E-state index contributed by atoms with van der Waals surface area (Å²) in [5.41, 5.74) is 4.26. The van der Waals surface area contributed by atoms with E-state index in [9.17, 15) is 4.79 Å². The highest BCUT2D eigenvalue weighted by atomic mass is 35.5. The predicted octanol–water partition coefficient (Wildman–Crippen LogP) is 6.03. The highest BCUT2D eigenvalue weighted by Gasteiger charge is 2.22. The summed E-state index contributed by atoms with van der Waals surface area (Å²) in [7, 11) is 0. The number of hydrogen-bond acceptors (Lipinski definition) is 5. The first-order chi connectivity index (χ1) is 15.2. The predicted molar refractivity (Wildman–Crippen MR) is 128 cm³/mol. The first kappa shape index (κ1) is 19.5. The minimum Gasteiger partial charge on any atom is -0.333 e. The molecule has 0 saturated heterocycles. The molecule has 0 bridgehead atoms. The van der Waals surface area contributed by atoms with Crippen molar-refractivity contribution in [3.8, 4) is 11.3 Å². The van der Waals surface area contributed by atoms with Crippen LogP contribution in [0.1, 0.15) is 5.56 Å². The van der Waals surface area contributed by atoms with Crippen molar-refractivity contribution in [3.63, 3.8) is 0 Å². The number of aromatic nitrogens is 2.